The number of aryl methyl sites for hydroxylation is 1. The first-order valence-electron chi connectivity index (χ1n) is 5.42. The molecular weight excluding hydrogens is 232 g/mol. The van der Waals surface area contributed by atoms with E-state index in [1.165, 1.54) is 10.9 Å². The third-order valence-corrected chi connectivity index (χ3v) is 3.44. The van der Waals surface area contributed by atoms with Crippen molar-refractivity contribution in [2.75, 3.05) is 5.32 Å². The average Bonchev–Trinajstić information content (AvgIpc) is 2.94. The third-order valence-electron chi connectivity index (χ3n) is 2.64. The number of fused-ring (bicyclic) bond motifs is 1. The minimum atomic E-state index is 0.768. The fourth-order valence-electron chi connectivity index (χ4n) is 1.84. The lowest BCUT2D eigenvalue weighted by molar-refractivity contribution is 1.03. The van der Waals surface area contributed by atoms with Gasteiger partial charge in [-0.15, -0.1) is 10.2 Å². The minimum absolute atomic E-state index is 0.768. The smallest absolute Gasteiger partial charge is 0.205 e. The molecule has 17 heavy (non-hydrogen) atoms. The molecule has 0 amide bonds. The van der Waals surface area contributed by atoms with E-state index < -0.39 is 0 Å². The lowest BCUT2D eigenvalue weighted by Crippen LogP contribution is -1.99. The third kappa shape index (κ3) is 2.01. The molecule has 0 fully saturated rings. The summed E-state index contributed by atoms with van der Waals surface area (Å²) in [6.45, 7) is 2.72. The lowest BCUT2D eigenvalue weighted by atomic mass is 10.1. The molecule has 0 atom stereocenters. The second-order valence-corrected chi connectivity index (χ2v) is 5.02. The number of anilines is 1. The van der Waals surface area contributed by atoms with Crippen molar-refractivity contribution in [1.82, 2.24) is 15.2 Å². The van der Waals surface area contributed by atoms with Crippen molar-refractivity contribution in [2.24, 2.45) is 0 Å². The maximum atomic E-state index is 4.05. The monoisotopic (exact) mass is 244 g/mol. The Bertz CT molecular complexity index is 641. The summed E-state index contributed by atoms with van der Waals surface area (Å²) in [4.78, 5) is 3.21. The van der Waals surface area contributed by atoms with Crippen LogP contribution in [0.3, 0.4) is 0 Å². The predicted octanol–water partition coefficient (Wildman–Crippen LogP) is 2.94. The van der Waals surface area contributed by atoms with Crippen LogP contribution in [-0.4, -0.2) is 15.2 Å². The summed E-state index contributed by atoms with van der Waals surface area (Å²) in [7, 11) is 0. The number of benzene rings is 1. The standard InChI is InChI=1S/C12H12N4S/c1-8-15-16-12(17-8)14-7-9-3-2-4-11-10(9)5-6-13-11/h2-6,13H,7H2,1H3,(H,14,16). The summed E-state index contributed by atoms with van der Waals surface area (Å²) in [6.07, 6.45) is 1.96. The van der Waals surface area contributed by atoms with Crippen molar-refractivity contribution in [3.05, 3.63) is 41.0 Å². The number of aromatic amines is 1. The Morgan fingerprint density at radius 2 is 2.24 bits per heavy atom. The highest BCUT2D eigenvalue weighted by molar-refractivity contribution is 7.15. The van der Waals surface area contributed by atoms with E-state index in [2.05, 4.69) is 44.8 Å². The fraction of sp³-hybridized carbons (Fsp3) is 0.167. The van der Waals surface area contributed by atoms with Crippen molar-refractivity contribution in [2.45, 2.75) is 13.5 Å². The maximum Gasteiger partial charge on any atom is 0.205 e. The topological polar surface area (TPSA) is 53.6 Å². The van der Waals surface area contributed by atoms with E-state index in [9.17, 15) is 0 Å². The molecule has 0 bridgehead atoms. The van der Waals surface area contributed by atoms with E-state index in [1.54, 1.807) is 11.3 Å². The van der Waals surface area contributed by atoms with E-state index in [0.29, 0.717) is 0 Å². The van der Waals surface area contributed by atoms with Gasteiger partial charge in [-0.1, -0.05) is 23.5 Å². The van der Waals surface area contributed by atoms with Crippen molar-refractivity contribution in [3.8, 4) is 0 Å². The molecule has 5 heteroatoms. The molecule has 0 saturated carbocycles. The van der Waals surface area contributed by atoms with Crippen molar-refractivity contribution in [1.29, 1.82) is 0 Å². The van der Waals surface area contributed by atoms with Gasteiger partial charge in [0.1, 0.15) is 5.01 Å². The summed E-state index contributed by atoms with van der Waals surface area (Å²) in [5.41, 5.74) is 2.43. The average molecular weight is 244 g/mol. The molecular formula is C12H12N4S. The van der Waals surface area contributed by atoms with Gasteiger partial charge in [0.15, 0.2) is 0 Å². The Kier molecular flexibility index (Phi) is 2.53. The van der Waals surface area contributed by atoms with Gasteiger partial charge in [-0.25, -0.2) is 0 Å². The molecule has 1 aromatic carbocycles. The molecule has 2 aromatic heterocycles. The van der Waals surface area contributed by atoms with Crippen LogP contribution >= 0.6 is 11.3 Å². The molecule has 0 aliphatic rings. The highest BCUT2D eigenvalue weighted by atomic mass is 32.1. The summed E-state index contributed by atoms with van der Waals surface area (Å²) in [5, 5.41) is 14.4. The molecule has 0 saturated heterocycles. The van der Waals surface area contributed by atoms with Gasteiger partial charge in [-0.3, -0.25) is 0 Å². The number of aromatic nitrogens is 3. The second kappa shape index (κ2) is 4.18. The quantitative estimate of drug-likeness (QED) is 0.744. The van der Waals surface area contributed by atoms with Gasteiger partial charge in [0.05, 0.1) is 0 Å². The first kappa shape index (κ1) is 10.3. The number of rotatable bonds is 3. The highest BCUT2D eigenvalue weighted by Crippen LogP contribution is 2.20. The second-order valence-electron chi connectivity index (χ2n) is 3.84. The Morgan fingerprint density at radius 1 is 1.29 bits per heavy atom. The van der Waals surface area contributed by atoms with Gasteiger partial charge in [0.25, 0.3) is 0 Å². The minimum Gasteiger partial charge on any atom is -0.361 e. The summed E-state index contributed by atoms with van der Waals surface area (Å²) in [6, 6.07) is 8.35. The first-order chi connectivity index (χ1) is 8.33. The SMILES string of the molecule is Cc1nnc(NCc2cccc3[nH]ccc23)s1. The van der Waals surface area contributed by atoms with E-state index in [-0.39, 0.29) is 0 Å². The van der Waals surface area contributed by atoms with Crippen LogP contribution in [0.4, 0.5) is 5.13 Å². The normalized spacial score (nSPS) is 10.9. The molecule has 2 heterocycles. The molecule has 0 unspecified atom stereocenters. The van der Waals surface area contributed by atoms with Crippen LogP contribution in [-0.2, 0) is 6.54 Å². The first-order valence-corrected chi connectivity index (χ1v) is 6.23. The molecule has 4 nitrogen and oxygen atoms in total. The number of H-pyrrole nitrogens is 1. The maximum absolute atomic E-state index is 4.05. The molecule has 3 aromatic rings. The van der Waals surface area contributed by atoms with Gasteiger partial charge in [0.2, 0.25) is 5.13 Å². The van der Waals surface area contributed by atoms with Gasteiger partial charge in [-0.2, -0.15) is 0 Å². The van der Waals surface area contributed by atoms with Gasteiger partial charge >= 0.3 is 0 Å². The Balaban J connectivity index is 1.83. The van der Waals surface area contributed by atoms with E-state index in [4.69, 9.17) is 0 Å². The zero-order chi connectivity index (χ0) is 11.7. The Hall–Kier alpha value is -1.88. The number of nitrogens with one attached hydrogen (secondary N) is 2. The van der Waals surface area contributed by atoms with Crippen LogP contribution in [0.2, 0.25) is 0 Å². The van der Waals surface area contributed by atoms with Crippen LogP contribution in [0.15, 0.2) is 30.5 Å². The Labute approximate surface area is 103 Å². The zero-order valence-corrected chi connectivity index (χ0v) is 10.2. The van der Waals surface area contributed by atoms with Crippen LogP contribution in [0.25, 0.3) is 10.9 Å². The highest BCUT2D eigenvalue weighted by Gasteiger charge is 2.03. The predicted molar refractivity (Wildman–Crippen MR) is 70.3 cm³/mol. The molecule has 0 aliphatic carbocycles. The number of hydrogen-bond donors (Lipinski definition) is 2. The molecule has 0 aliphatic heterocycles. The van der Waals surface area contributed by atoms with Crippen LogP contribution < -0.4 is 5.32 Å². The summed E-state index contributed by atoms with van der Waals surface area (Å²) < 4.78 is 0. The van der Waals surface area contributed by atoms with Crippen LogP contribution in [0.5, 0.6) is 0 Å². The van der Waals surface area contributed by atoms with Gasteiger partial charge in [-0.05, 0) is 24.6 Å². The van der Waals surface area contributed by atoms with Crippen LogP contribution in [0.1, 0.15) is 10.6 Å². The van der Waals surface area contributed by atoms with Crippen LogP contribution in [0, 0.1) is 6.92 Å². The molecule has 2 N–H and O–H groups in total. The molecule has 86 valence electrons. The number of hydrogen-bond acceptors (Lipinski definition) is 4. The largest absolute Gasteiger partial charge is 0.361 e. The molecule has 3 rings (SSSR count). The lowest BCUT2D eigenvalue weighted by Gasteiger charge is -2.03. The molecule has 0 radical (unpaired) electrons. The summed E-state index contributed by atoms with van der Waals surface area (Å²) >= 11 is 1.57. The van der Waals surface area contributed by atoms with Gasteiger partial charge in [0, 0.05) is 23.6 Å². The fourth-order valence-corrected chi connectivity index (χ4v) is 2.43. The van der Waals surface area contributed by atoms with E-state index >= 15 is 0 Å². The van der Waals surface area contributed by atoms with E-state index in [1.807, 2.05) is 13.1 Å². The number of nitrogens with zero attached hydrogens (tertiary/aromatic N) is 2. The summed E-state index contributed by atoms with van der Waals surface area (Å²) in [5.74, 6) is 0. The molecule has 0 spiro atoms. The zero-order valence-electron chi connectivity index (χ0n) is 9.40. The van der Waals surface area contributed by atoms with Crippen molar-refractivity contribution >= 4 is 27.4 Å². The van der Waals surface area contributed by atoms with E-state index in [0.717, 1.165) is 22.2 Å². The van der Waals surface area contributed by atoms with Crippen molar-refractivity contribution in [3.63, 3.8) is 0 Å². The Morgan fingerprint density at radius 3 is 3.06 bits per heavy atom. The van der Waals surface area contributed by atoms with Gasteiger partial charge < -0.3 is 10.3 Å². The van der Waals surface area contributed by atoms with Crippen molar-refractivity contribution < 1.29 is 0 Å².